The number of piperidine rings is 1. The summed E-state index contributed by atoms with van der Waals surface area (Å²) >= 11 is 5.84. The third-order valence-electron chi connectivity index (χ3n) is 5.43. The number of halogens is 2. The lowest BCUT2D eigenvalue weighted by atomic mass is 9.97. The second-order valence-corrected chi connectivity index (χ2v) is 10.0. The molecule has 32 heavy (non-hydrogen) atoms. The van der Waals surface area contributed by atoms with Gasteiger partial charge in [-0.25, -0.2) is 12.8 Å². The van der Waals surface area contributed by atoms with Crippen molar-refractivity contribution in [3.8, 4) is 0 Å². The molecule has 1 saturated heterocycles. The zero-order valence-electron chi connectivity index (χ0n) is 17.1. The van der Waals surface area contributed by atoms with E-state index in [1.807, 2.05) is 0 Å². The monoisotopic (exact) mass is 476 g/mol. The molecule has 0 unspecified atom stereocenters. The first-order chi connectivity index (χ1) is 15.3. The average molecular weight is 477 g/mol. The molecule has 1 aliphatic heterocycles. The first-order valence-electron chi connectivity index (χ1n) is 10.1. The Labute approximate surface area is 190 Å². The summed E-state index contributed by atoms with van der Waals surface area (Å²) in [6.07, 6.45) is 4.13. The number of sulfonamides is 1. The molecule has 0 spiro atoms. The molecule has 168 valence electrons. The van der Waals surface area contributed by atoms with Crippen LogP contribution < -0.4 is 5.32 Å². The quantitative estimate of drug-likeness (QED) is 0.587. The molecule has 2 heterocycles. The lowest BCUT2D eigenvalue weighted by molar-refractivity contribution is -0.120. The largest absolute Gasteiger partial charge is 0.323 e. The molecule has 0 radical (unpaired) electrons. The van der Waals surface area contributed by atoms with Crippen LogP contribution >= 0.6 is 11.6 Å². The smallest absolute Gasteiger partial charge is 0.243 e. The minimum absolute atomic E-state index is 0.158. The molecule has 0 atom stereocenters. The number of benzene rings is 2. The van der Waals surface area contributed by atoms with E-state index in [1.165, 1.54) is 28.6 Å². The van der Waals surface area contributed by atoms with Gasteiger partial charge in [0.15, 0.2) is 0 Å². The summed E-state index contributed by atoms with van der Waals surface area (Å²) in [5.41, 5.74) is 1.45. The van der Waals surface area contributed by atoms with E-state index < -0.39 is 10.0 Å². The van der Waals surface area contributed by atoms with Crippen molar-refractivity contribution in [1.82, 2.24) is 14.1 Å². The number of anilines is 1. The van der Waals surface area contributed by atoms with Gasteiger partial charge in [0.05, 0.1) is 23.3 Å². The second kappa shape index (κ2) is 9.40. The molecule has 2 aromatic carbocycles. The van der Waals surface area contributed by atoms with E-state index >= 15 is 0 Å². The summed E-state index contributed by atoms with van der Waals surface area (Å²) in [5, 5.41) is 7.55. The van der Waals surface area contributed by atoms with Gasteiger partial charge < -0.3 is 5.32 Å². The third kappa shape index (κ3) is 5.17. The Kier molecular flexibility index (Phi) is 6.59. The Hall–Kier alpha value is -2.75. The summed E-state index contributed by atoms with van der Waals surface area (Å²) in [5.74, 6) is -0.740. The Morgan fingerprint density at radius 1 is 1.09 bits per heavy atom. The highest BCUT2D eigenvalue weighted by Crippen LogP contribution is 2.25. The number of carbonyl (C=O) groups is 1. The summed E-state index contributed by atoms with van der Waals surface area (Å²) < 4.78 is 41.7. The predicted molar refractivity (Wildman–Crippen MR) is 119 cm³/mol. The molecule has 1 aromatic heterocycles. The van der Waals surface area contributed by atoms with Crippen LogP contribution in [0.3, 0.4) is 0 Å². The van der Waals surface area contributed by atoms with Gasteiger partial charge in [-0.1, -0.05) is 23.7 Å². The number of carbonyl (C=O) groups excluding carboxylic acids is 1. The normalized spacial score (nSPS) is 15.6. The number of hydrogen-bond donors (Lipinski definition) is 1. The summed E-state index contributed by atoms with van der Waals surface area (Å²) in [6, 6.07) is 12.2. The fourth-order valence-corrected chi connectivity index (χ4v) is 5.25. The third-order valence-corrected chi connectivity index (χ3v) is 7.60. The van der Waals surface area contributed by atoms with E-state index in [4.69, 9.17) is 11.6 Å². The summed E-state index contributed by atoms with van der Waals surface area (Å²) in [4.78, 5) is 12.9. The van der Waals surface area contributed by atoms with Crippen LogP contribution in [0.2, 0.25) is 5.02 Å². The van der Waals surface area contributed by atoms with Crippen molar-refractivity contribution in [3.63, 3.8) is 0 Å². The molecule has 4 rings (SSSR count). The van der Waals surface area contributed by atoms with E-state index in [-0.39, 0.29) is 35.6 Å². The maximum absolute atomic E-state index is 13.0. The number of nitrogens with zero attached hydrogens (tertiary/aromatic N) is 3. The van der Waals surface area contributed by atoms with Gasteiger partial charge in [0.1, 0.15) is 5.82 Å². The maximum atomic E-state index is 13.0. The van der Waals surface area contributed by atoms with E-state index in [1.54, 1.807) is 41.3 Å². The predicted octanol–water partition coefficient (Wildman–Crippen LogP) is 3.76. The van der Waals surface area contributed by atoms with Crippen molar-refractivity contribution < 1.29 is 17.6 Å². The molecule has 7 nitrogen and oxygen atoms in total. The van der Waals surface area contributed by atoms with Crippen LogP contribution in [0.1, 0.15) is 18.4 Å². The van der Waals surface area contributed by atoms with Gasteiger partial charge in [-0.15, -0.1) is 0 Å². The molecule has 0 bridgehead atoms. The molecule has 3 aromatic rings. The van der Waals surface area contributed by atoms with Crippen molar-refractivity contribution in [2.75, 3.05) is 18.4 Å². The topological polar surface area (TPSA) is 84.3 Å². The zero-order chi connectivity index (χ0) is 22.7. The van der Waals surface area contributed by atoms with Gasteiger partial charge in [-0.2, -0.15) is 9.40 Å². The Balaban J connectivity index is 1.31. The number of rotatable bonds is 6. The first kappa shape index (κ1) is 22.4. The second-order valence-electron chi connectivity index (χ2n) is 7.67. The molecular weight excluding hydrogens is 455 g/mol. The van der Waals surface area contributed by atoms with E-state index in [0.717, 1.165) is 5.56 Å². The zero-order valence-corrected chi connectivity index (χ0v) is 18.7. The van der Waals surface area contributed by atoms with Crippen molar-refractivity contribution in [2.45, 2.75) is 24.3 Å². The lowest BCUT2D eigenvalue weighted by Gasteiger charge is -2.30. The van der Waals surface area contributed by atoms with Gasteiger partial charge >= 0.3 is 0 Å². The van der Waals surface area contributed by atoms with Crippen molar-refractivity contribution >= 4 is 33.2 Å². The molecular formula is C22H22ClFN4O3S. The van der Waals surface area contributed by atoms with Gasteiger partial charge in [0.25, 0.3) is 0 Å². The molecule has 0 aliphatic carbocycles. The summed E-state index contributed by atoms with van der Waals surface area (Å²) in [6.45, 7) is 0.997. The lowest BCUT2D eigenvalue weighted by Crippen LogP contribution is -2.41. The van der Waals surface area contributed by atoms with Crippen LogP contribution in [0.5, 0.6) is 0 Å². The Morgan fingerprint density at radius 3 is 2.41 bits per heavy atom. The average Bonchev–Trinajstić information content (AvgIpc) is 3.22. The SMILES string of the molecule is O=C(Nc1cnn(Cc2ccc(F)cc2)c1)C1CCN(S(=O)(=O)c2ccc(Cl)cc2)CC1. The van der Waals surface area contributed by atoms with Gasteiger partial charge in [-0.3, -0.25) is 9.48 Å². The van der Waals surface area contributed by atoms with Gasteiger partial charge in [0.2, 0.25) is 15.9 Å². The fourth-order valence-electron chi connectivity index (χ4n) is 3.65. The van der Waals surface area contributed by atoms with Crippen molar-refractivity contribution in [2.24, 2.45) is 5.92 Å². The van der Waals surface area contributed by atoms with Crippen molar-refractivity contribution in [3.05, 3.63) is 77.3 Å². The fraction of sp³-hybridized carbons (Fsp3) is 0.273. The van der Waals surface area contributed by atoms with Crippen LogP contribution in [-0.2, 0) is 21.4 Å². The molecule has 1 aliphatic rings. The minimum atomic E-state index is -3.61. The van der Waals surface area contributed by atoms with E-state index in [9.17, 15) is 17.6 Å². The van der Waals surface area contributed by atoms with Crippen LogP contribution in [-0.4, -0.2) is 41.5 Å². The van der Waals surface area contributed by atoms with Crippen LogP contribution in [0, 0.1) is 11.7 Å². The van der Waals surface area contributed by atoms with E-state index in [0.29, 0.717) is 30.1 Å². The Bertz CT molecular complexity index is 1190. The molecule has 0 saturated carbocycles. The first-order valence-corrected chi connectivity index (χ1v) is 12.0. The van der Waals surface area contributed by atoms with Crippen LogP contribution in [0.15, 0.2) is 65.8 Å². The van der Waals surface area contributed by atoms with Gasteiger partial charge in [0, 0.05) is 30.2 Å². The van der Waals surface area contributed by atoms with Crippen molar-refractivity contribution in [1.29, 1.82) is 0 Å². The van der Waals surface area contributed by atoms with Crippen LogP contribution in [0.4, 0.5) is 10.1 Å². The maximum Gasteiger partial charge on any atom is 0.243 e. The standard InChI is InChI=1S/C22H22ClFN4O3S/c23-18-3-7-21(8-4-18)32(30,31)28-11-9-17(10-12-28)22(29)26-20-13-25-27(15-20)14-16-1-5-19(24)6-2-16/h1-8,13,15,17H,9-12,14H2,(H,26,29). The highest BCUT2D eigenvalue weighted by molar-refractivity contribution is 7.89. The van der Waals surface area contributed by atoms with E-state index in [2.05, 4.69) is 10.4 Å². The molecule has 1 fully saturated rings. The number of amides is 1. The highest BCUT2D eigenvalue weighted by atomic mass is 35.5. The van der Waals surface area contributed by atoms with Gasteiger partial charge in [-0.05, 0) is 54.8 Å². The highest BCUT2D eigenvalue weighted by Gasteiger charge is 2.32. The summed E-state index contributed by atoms with van der Waals surface area (Å²) in [7, 11) is -3.61. The minimum Gasteiger partial charge on any atom is -0.323 e. The number of aromatic nitrogens is 2. The number of nitrogens with one attached hydrogen (secondary N) is 1. The molecule has 10 heteroatoms. The number of hydrogen-bond acceptors (Lipinski definition) is 4. The Morgan fingerprint density at radius 2 is 1.75 bits per heavy atom. The molecule has 1 amide bonds. The molecule has 1 N–H and O–H groups in total. The van der Waals surface area contributed by atoms with Crippen LogP contribution in [0.25, 0.3) is 0 Å².